The molecule has 0 radical (unpaired) electrons. The monoisotopic (exact) mass is 437 g/mol. The van der Waals surface area contributed by atoms with Crippen molar-refractivity contribution in [1.29, 1.82) is 0 Å². The normalized spacial score (nSPS) is 15.2. The maximum Gasteiger partial charge on any atom is 0.255 e. The van der Waals surface area contributed by atoms with Gasteiger partial charge in [0.1, 0.15) is 17.3 Å². The number of rotatable bonds is 7. The Morgan fingerprint density at radius 2 is 2.12 bits per heavy atom. The van der Waals surface area contributed by atoms with Gasteiger partial charge in [-0.25, -0.2) is 9.37 Å². The predicted octanol–water partition coefficient (Wildman–Crippen LogP) is 2.70. The van der Waals surface area contributed by atoms with Gasteiger partial charge >= 0.3 is 0 Å². The number of hydrogen-bond donors (Lipinski definition) is 2. The Morgan fingerprint density at radius 3 is 2.88 bits per heavy atom. The molecule has 2 aromatic heterocycles. The molecule has 10 heteroatoms. The van der Waals surface area contributed by atoms with Crippen LogP contribution in [0.15, 0.2) is 49.0 Å². The first-order valence-electron chi connectivity index (χ1n) is 10.0. The Morgan fingerprint density at radius 1 is 1.34 bits per heavy atom. The number of hydrogen-bond acceptors (Lipinski definition) is 7. The van der Waals surface area contributed by atoms with Gasteiger partial charge in [0.15, 0.2) is 11.9 Å². The van der Waals surface area contributed by atoms with E-state index >= 15 is 0 Å². The number of amides is 1. The van der Waals surface area contributed by atoms with Gasteiger partial charge in [-0.05, 0) is 13.0 Å². The fourth-order valence-corrected chi connectivity index (χ4v) is 3.57. The molecule has 0 aliphatic carbocycles. The fraction of sp³-hybridized carbons (Fsp3) is 0.273. The van der Waals surface area contributed by atoms with Crippen molar-refractivity contribution in [2.45, 2.75) is 26.1 Å². The van der Waals surface area contributed by atoms with Gasteiger partial charge in [-0.3, -0.25) is 9.48 Å². The predicted molar refractivity (Wildman–Crippen MR) is 119 cm³/mol. The van der Waals surface area contributed by atoms with Crippen molar-refractivity contribution in [3.8, 4) is 0 Å². The van der Waals surface area contributed by atoms with Crippen LogP contribution in [0.4, 0.5) is 21.8 Å². The summed E-state index contributed by atoms with van der Waals surface area (Å²) in [7, 11) is 3.24. The SMILES string of the molecule is C=C(OC)[C@H]1C(=O)Nc2c(C)nc(NCc3cnn(Cc4ccccc4F)c3)nc2N1C. The molecular weight excluding hydrogens is 413 g/mol. The van der Waals surface area contributed by atoms with E-state index in [1.165, 1.54) is 13.2 Å². The van der Waals surface area contributed by atoms with E-state index in [-0.39, 0.29) is 11.7 Å². The van der Waals surface area contributed by atoms with E-state index in [2.05, 4.69) is 32.3 Å². The quantitative estimate of drug-likeness (QED) is 0.549. The van der Waals surface area contributed by atoms with E-state index in [9.17, 15) is 9.18 Å². The Bertz CT molecular complexity index is 1180. The van der Waals surface area contributed by atoms with Crippen molar-refractivity contribution in [1.82, 2.24) is 19.7 Å². The highest BCUT2D eigenvalue weighted by molar-refractivity contribution is 6.04. The maximum absolute atomic E-state index is 13.9. The van der Waals surface area contributed by atoms with E-state index in [0.717, 1.165) is 5.56 Å². The van der Waals surface area contributed by atoms with Gasteiger partial charge in [0.05, 0.1) is 25.5 Å². The van der Waals surface area contributed by atoms with Crippen LogP contribution < -0.4 is 15.5 Å². The van der Waals surface area contributed by atoms with Crippen molar-refractivity contribution in [2.24, 2.45) is 0 Å². The highest BCUT2D eigenvalue weighted by atomic mass is 19.1. The molecule has 2 N–H and O–H groups in total. The molecule has 1 atom stereocenters. The summed E-state index contributed by atoms with van der Waals surface area (Å²) in [6, 6.07) is 5.94. The molecule has 0 bridgehead atoms. The number of halogens is 1. The Hall–Kier alpha value is -3.95. The van der Waals surface area contributed by atoms with E-state index in [1.807, 2.05) is 6.20 Å². The van der Waals surface area contributed by atoms with Crippen molar-refractivity contribution in [2.75, 3.05) is 29.7 Å². The van der Waals surface area contributed by atoms with Gasteiger partial charge in [-0.15, -0.1) is 0 Å². The van der Waals surface area contributed by atoms with Crippen molar-refractivity contribution < 1.29 is 13.9 Å². The number of nitrogens with zero attached hydrogens (tertiary/aromatic N) is 5. The number of aromatic nitrogens is 4. The zero-order valence-corrected chi connectivity index (χ0v) is 18.1. The Kier molecular flexibility index (Phi) is 5.76. The number of methoxy groups -OCH3 is 1. The van der Waals surface area contributed by atoms with Crippen LogP contribution in [0.25, 0.3) is 0 Å². The fourth-order valence-electron chi connectivity index (χ4n) is 3.57. The van der Waals surface area contributed by atoms with E-state index in [0.29, 0.717) is 47.6 Å². The summed E-state index contributed by atoms with van der Waals surface area (Å²) < 4.78 is 20.7. The molecule has 0 fully saturated rings. The van der Waals surface area contributed by atoms with Gasteiger partial charge in [-0.2, -0.15) is 10.1 Å². The third-order valence-electron chi connectivity index (χ3n) is 5.28. The van der Waals surface area contributed by atoms with E-state index < -0.39 is 6.04 Å². The average Bonchev–Trinajstić information content (AvgIpc) is 3.22. The largest absolute Gasteiger partial charge is 0.499 e. The molecule has 166 valence electrons. The number of fused-ring (bicyclic) bond motifs is 1. The average molecular weight is 437 g/mol. The lowest BCUT2D eigenvalue weighted by molar-refractivity contribution is -0.117. The van der Waals surface area contributed by atoms with Crippen LogP contribution in [0, 0.1) is 12.7 Å². The van der Waals surface area contributed by atoms with E-state index in [1.54, 1.807) is 47.9 Å². The standard InChI is InChI=1S/C22H24FN7O2/c1-13-18-20(29(3)19(14(2)32-4)21(31)27-18)28-22(26-13)24-9-15-10-25-30(11-15)12-16-7-5-6-8-17(16)23/h5-8,10-11,19H,2,9,12H2,1,3-4H3,(H,27,31)(H,24,26,28)/t19-/m0/s1. The maximum atomic E-state index is 13.9. The van der Waals surface area contributed by atoms with Crippen LogP contribution in [-0.4, -0.2) is 45.9 Å². The summed E-state index contributed by atoms with van der Waals surface area (Å²) in [5.41, 5.74) is 2.66. The molecule has 1 aromatic carbocycles. The molecule has 0 saturated heterocycles. The second kappa shape index (κ2) is 8.66. The molecule has 3 heterocycles. The highest BCUT2D eigenvalue weighted by Crippen LogP contribution is 2.34. The number of aryl methyl sites for hydroxylation is 1. The minimum absolute atomic E-state index is 0.249. The minimum Gasteiger partial charge on any atom is -0.499 e. The Balaban J connectivity index is 1.48. The third-order valence-corrected chi connectivity index (χ3v) is 5.28. The lowest BCUT2D eigenvalue weighted by atomic mass is 10.1. The summed E-state index contributed by atoms with van der Waals surface area (Å²) in [5, 5.41) is 10.3. The zero-order chi connectivity index (χ0) is 22.8. The molecule has 3 aromatic rings. The number of carbonyl (C=O) groups excluding carboxylic acids is 1. The molecule has 4 rings (SSSR count). The van der Waals surface area contributed by atoms with Crippen LogP contribution >= 0.6 is 0 Å². The molecular formula is C22H24FN7O2. The van der Waals surface area contributed by atoms with Crippen molar-refractivity contribution in [3.05, 3.63) is 71.6 Å². The summed E-state index contributed by atoms with van der Waals surface area (Å²) in [4.78, 5) is 23.2. The number of benzene rings is 1. The molecule has 0 spiro atoms. The van der Waals surface area contributed by atoms with Gasteiger partial charge in [0.2, 0.25) is 5.95 Å². The molecule has 1 aliphatic rings. The van der Waals surface area contributed by atoms with Crippen LogP contribution in [0.1, 0.15) is 16.8 Å². The topological polar surface area (TPSA) is 97.2 Å². The van der Waals surface area contributed by atoms with Crippen molar-refractivity contribution >= 4 is 23.4 Å². The van der Waals surface area contributed by atoms with E-state index in [4.69, 9.17) is 4.74 Å². The minimum atomic E-state index is -0.689. The van der Waals surface area contributed by atoms with Crippen LogP contribution in [0.5, 0.6) is 0 Å². The summed E-state index contributed by atoms with van der Waals surface area (Å²) in [6.07, 6.45) is 3.56. The number of anilines is 3. The van der Waals surface area contributed by atoms with Crippen molar-refractivity contribution in [3.63, 3.8) is 0 Å². The third kappa shape index (κ3) is 4.11. The second-order valence-corrected chi connectivity index (χ2v) is 7.50. The first kappa shape index (κ1) is 21.3. The van der Waals surface area contributed by atoms with Crippen LogP contribution in [-0.2, 0) is 22.6 Å². The molecule has 1 amide bonds. The number of likely N-dealkylation sites (N-methyl/N-ethyl adjacent to an activating group) is 1. The van der Waals surface area contributed by atoms with Gasteiger partial charge in [0, 0.05) is 30.9 Å². The molecule has 0 unspecified atom stereocenters. The molecule has 0 saturated carbocycles. The lowest BCUT2D eigenvalue weighted by Crippen LogP contribution is -2.48. The molecule has 1 aliphatic heterocycles. The number of carbonyl (C=O) groups is 1. The molecule has 32 heavy (non-hydrogen) atoms. The first-order valence-corrected chi connectivity index (χ1v) is 10.0. The number of ether oxygens (including phenoxy) is 1. The Labute approximate surface area is 184 Å². The van der Waals surface area contributed by atoms with Gasteiger partial charge < -0.3 is 20.3 Å². The van der Waals surface area contributed by atoms with Crippen LogP contribution in [0.3, 0.4) is 0 Å². The van der Waals surface area contributed by atoms with Gasteiger partial charge in [-0.1, -0.05) is 24.8 Å². The molecule has 9 nitrogen and oxygen atoms in total. The summed E-state index contributed by atoms with van der Waals surface area (Å²) in [5.74, 6) is 0.794. The summed E-state index contributed by atoms with van der Waals surface area (Å²) >= 11 is 0. The second-order valence-electron chi connectivity index (χ2n) is 7.50. The zero-order valence-electron chi connectivity index (χ0n) is 18.1. The number of nitrogens with one attached hydrogen (secondary N) is 2. The highest BCUT2D eigenvalue weighted by Gasteiger charge is 2.36. The smallest absolute Gasteiger partial charge is 0.255 e. The van der Waals surface area contributed by atoms with Crippen LogP contribution in [0.2, 0.25) is 0 Å². The van der Waals surface area contributed by atoms with Gasteiger partial charge in [0.25, 0.3) is 5.91 Å². The lowest BCUT2D eigenvalue weighted by Gasteiger charge is -2.34. The first-order chi connectivity index (χ1) is 15.4. The summed E-state index contributed by atoms with van der Waals surface area (Å²) in [6.45, 7) is 6.39.